The van der Waals surface area contributed by atoms with E-state index < -0.39 is 17.5 Å². The molecule has 1 N–H and O–H groups in total. The van der Waals surface area contributed by atoms with Gasteiger partial charge in [-0.2, -0.15) is 0 Å². The Kier molecular flexibility index (Phi) is 6.24. The lowest BCUT2D eigenvalue weighted by atomic mass is 10.2. The summed E-state index contributed by atoms with van der Waals surface area (Å²) in [6.07, 6.45) is 0. The molecule has 6 heteroatoms. The van der Waals surface area contributed by atoms with Crippen LogP contribution in [0.15, 0.2) is 18.2 Å². The molecule has 0 unspecified atom stereocenters. The van der Waals surface area contributed by atoms with E-state index in [1.807, 2.05) is 0 Å². The van der Waals surface area contributed by atoms with Crippen molar-refractivity contribution in [3.63, 3.8) is 0 Å². The summed E-state index contributed by atoms with van der Waals surface area (Å²) in [4.78, 5) is 11.3. The number of hydrogen-bond donors (Lipinski definition) is 1. The maximum absolute atomic E-state index is 13.2. The summed E-state index contributed by atoms with van der Waals surface area (Å²) >= 11 is 0. The van der Waals surface area contributed by atoms with Gasteiger partial charge in [0.15, 0.2) is 0 Å². The Hall–Kier alpha value is -1.53. The summed E-state index contributed by atoms with van der Waals surface area (Å²) in [5.74, 6) is -1.50. The highest BCUT2D eigenvalue weighted by Crippen LogP contribution is 2.08. The van der Waals surface area contributed by atoms with E-state index in [0.717, 1.165) is 18.2 Å². The molecule has 1 amide bonds. The summed E-state index contributed by atoms with van der Waals surface area (Å²) in [5.41, 5.74) is 0.0974. The molecule has 4 nitrogen and oxygen atoms in total. The Morgan fingerprint density at radius 2 is 2.11 bits per heavy atom. The predicted octanol–water partition coefficient (Wildman–Crippen LogP) is 1.24. The minimum atomic E-state index is -0.558. The van der Waals surface area contributed by atoms with Gasteiger partial charge in [0.25, 0.3) is 0 Å². The lowest BCUT2D eigenvalue weighted by Crippen LogP contribution is -2.28. The largest absolute Gasteiger partial charge is 0.382 e. The van der Waals surface area contributed by atoms with E-state index in [-0.39, 0.29) is 18.7 Å². The fourth-order valence-electron chi connectivity index (χ4n) is 1.23. The van der Waals surface area contributed by atoms with Crippen LogP contribution in [0, 0.1) is 11.6 Å². The standard InChI is InChI=1S/C12H15F2NO3/c1-17-4-5-18-8-12(16)15-7-9-6-10(13)2-3-11(9)14/h2-3,6H,4-5,7-8H2,1H3,(H,15,16). The van der Waals surface area contributed by atoms with Gasteiger partial charge in [0.05, 0.1) is 13.2 Å². The summed E-state index contributed by atoms with van der Waals surface area (Å²) in [7, 11) is 1.52. The van der Waals surface area contributed by atoms with E-state index in [1.54, 1.807) is 0 Å². The molecule has 1 aromatic carbocycles. The maximum Gasteiger partial charge on any atom is 0.246 e. The minimum absolute atomic E-state index is 0.0733. The molecule has 0 saturated heterocycles. The normalized spacial score (nSPS) is 10.4. The van der Waals surface area contributed by atoms with Gasteiger partial charge < -0.3 is 14.8 Å². The van der Waals surface area contributed by atoms with Crippen LogP contribution < -0.4 is 5.32 Å². The van der Waals surface area contributed by atoms with Crippen molar-refractivity contribution in [2.24, 2.45) is 0 Å². The molecule has 0 atom stereocenters. The molecule has 0 aliphatic rings. The lowest BCUT2D eigenvalue weighted by molar-refractivity contribution is -0.126. The third-order valence-corrected chi connectivity index (χ3v) is 2.15. The Labute approximate surface area is 104 Å². The van der Waals surface area contributed by atoms with E-state index in [0.29, 0.717) is 13.2 Å². The average Bonchev–Trinajstić information content (AvgIpc) is 2.36. The summed E-state index contributed by atoms with van der Waals surface area (Å²) < 4.78 is 35.8. The molecular weight excluding hydrogens is 244 g/mol. The van der Waals surface area contributed by atoms with Gasteiger partial charge in [0.1, 0.15) is 18.2 Å². The molecule has 100 valence electrons. The summed E-state index contributed by atoms with van der Waals surface area (Å²) in [6.45, 7) is 0.487. The maximum atomic E-state index is 13.2. The molecule has 0 bridgehead atoms. The first-order valence-electron chi connectivity index (χ1n) is 5.41. The second kappa shape index (κ2) is 7.73. The van der Waals surface area contributed by atoms with E-state index in [2.05, 4.69) is 5.32 Å². The van der Waals surface area contributed by atoms with Gasteiger partial charge in [-0.1, -0.05) is 0 Å². The van der Waals surface area contributed by atoms with E-state index in [4.69, 9.17) is 9.47 Å². The first-order valence-corrected chi connectivity index (χ1v) is 5.41. The molecule has 1 rings (SSSR count). The topological polar surface area (TPSA) is 47.6 Å². The number of hydrogen-bond acceptors (Lipinski definition) is 3. The van der Waals surface area contributed by atoms with Crippen LogP contribution in [0.3, 0.4) is 0 Å². The van der Waals surface area contributed by atoms with Crippen molar-refractivity contribution in [3.8, 4) is 0 Å². The zero-order chi connectivity index (χ0) is 13.4. The molecular formula is C12H15F2NO3. The number of amides is 1. The summed E-state index contributed by atoms with van der Waals surface area (Å²) in [6, 6.07) is 3.09. The molecule has 0 radical (unpaired) electrons. The van der Waals surface area contributed by atoms with Crippen molar-refractivity contribution in [3.05, 3.63) is 35.4 Å². The van der Waals surface area contributed by atoms with Crippen molar-refractivity contribution < 1.29 is 23.0 Å². The number of carbonyl (C=O) groups is 1. The molecule has 0 aromatic heterocycles. The van der Waals surface area contributed by atoms with E-state index >= 15 is 0 Å². The third-order valence-electron chi connectivity index (χ3n) is 2.15. The number of halogens is 2. The predicted molar refractivity (Wildman–Crippen MR) is 60.9 cm³/mol. The van der Waals surface area contributed by atoms with Crippen molar-refractivity contribution in [2.45, 2.75) is 6.54 Å². The Morgan fingerprint density at radius 1 is 1.33 bits per heavy atom. The number of carbonyl (C=O) groups excluding carboxylic acids is 1. The highest BCUT2D eigenvalue weighted by molar-refractivity contribution is 5.77. The monoisotopic (exact) mass is 259 g/mol. The number of rotatable bonds is 7. The quantitative estimate of drug-likeness (QED) is 0.749. The van der Waals surface area contributed by atoms with Crippen LogP contribution in [0.2, 0.25) is 0 Å². The first-order chi connectivity index (χ1) is 8.63. The van der Waals surface area contributed by atoms with Gasteiger partial charge in [-0.3, -0.25) is 4.79 Å². The first kappa shape index (κ1) is 14.5. The molecule has 0 aliphatic heterocycles. The van der Waals surface area contributed by atoms with Gasteiger partial charge in [0, 0.05) is 19.2 Å². The van der Waals surface area contributed by atoms with Crippen molar-refractivity contribution >= 4 is 5.91 Å². The highest BCUT2D eigenvalue weighted by atomic mass is 19.1. The molecule has 0 heterocycles. The molecule has 0 aliphatic carbocycles. The van der Waals surface area contributed by atoms with Gasteiger partial charge in [-0.15, -0.1) is 0 Å². The zero-order valence-corrected chi connectivity index (χ0v) is 10.0. The molecule has 0 fully saturated rings. The average molecular weight is 259 g/mol. The van der Waals surface area contributed by atoms with Crippen LogP contribution in [0.1, 0.15) is 5.56 Å². The number of benzene rings is 1. The van der Waals surface area contributed by atoms with Gasteiger partial charge in [-0.25, -0.2) is 8.78 Å². The third kappa shape index (κ3) is 5.20. The Morgan fingerprint density at radius 3 is 2.83 bits per heavy atom. The molecule has 1 aromatic rings. The van der Waals surface area contributed by atoms with E-state index in [1.165, 1.54) is 7.11 Å². The van der Waals surface area contributed by atoms with Gasteiger partial charge >= 0.3 is 0 Å². The second-order valence-corrected chi connectivity index (χ2v) is 3.56. The van der Waals surface area contributed by atoms with Crippen LogP contribution in [-0.2, 0) is 20.8 Å². The lowest BCUT2D eigenvalue weighted by Gasteiger charge is -2.07. The van der Waals surface area contributed by atoms with Crippen LogP contribution in [-0.4, -0.2) is 32.8 Å². The van der Waals surface area contributed by atoms with Crippen LogP contribution in [0.4, 0.5) is 8.78 Å². The van der Waals surface area contributed by atoms with Crippen LogP contribution >= 0.6 is 0 Å². The van der Waals surface area contributed by atoms with Crippen molar-refractivity contribution in [2.75, 3.05) is 26.9 Å². The van der Waals surface area contributed by atoms with Gasteiger partial charge in [0.2, 0.25) is 5.91 Å². The number of nitrogens with one attached hydrogen (secondary N) is 1. The zero-order valence-electron chi connectivity index (χ0n) is 10.0. The Balaban J connectivity index is 2.31. The fraction of sp³-hybridized carbons (Fsp3) is 0.417. The number of methoxy groups -OCH3 is 1. The smallest absolute Gasteiger partial charge is 0.246 e. The second-order valence-electron chi connectivity index (χ2n) is 3.56. The molecule has 0 saturated carbocycles. The minimum Gasteiger partial charge on any atom is -0.382 e. The van der Waals surface area contributed by atoms with Gasteiger partial charge in [-0.05, 0) is 18.2 Å². The SMILES string of the molecule is COCCOCC(=O)NCc1cc(F)ccc1F. The van der Waals surface area contributed by atoms with Crippen molar-refractivity contribution in [1.82, 2.24) is 5.32 Å². The van der Waals surface area contributed by atoms with Crippen LogP contribution in [0.25, 0.3) is 0 Å². The number of ether oxygens (including phenoxy) is 2. The highest BCUT2D eigenvalue weighted by Gasteiger charge is 2.06. The van der Waals surface area contributed by atoms with Crippen molar-refractivity contribution in [1.29, 1.82) is 0 Å². The Bertz CT molecular complexity index is 399. The fourth-order valence-corrected chi connectivity index (χ4v) is 1.23. The summed E-state index contributed by atoms with van der Waals surface area (Å²) in [5, 5.41) is 2.43. The van der Waals surface area contributed by atoms with E-state index in [9.17, 15) is 13.6 Å². The molecule has 0 spiro atoms. The van der Waals surface area contributed by atoms with Crippen LogP contribution in [0.5, 0.6) is 0 Å². The molecule has 18 heavy (non-hydrogen) atoms.